The number of aromatic nitrogens is 1. The number of hydrogen-bond acceptors (Lipinski definition) is 3. The van der Waals surface area contributed by atoms with Crippen LogP contribution in [0.5, 0.6) is 0 Å². The molecule has 3 bridgehead atoms. The van der Waals surface area contributed by atoms with Crippen molar-refractivity contribution in [3.63, 3.8) is 0 Å². The van der Waals surface area contributed by atoms with Crippen LogP contribution in [-0.4, -0.2) is 39.1 Å². The number of carbonyl (C=O) groups is 1. The lowest BCUT2D eigenvalue weighted by molar-refractivity contribution is -0.172. The van der Waals surface area contributed by atoms with E-state index in [1.165, 1.54) is 27.8 Å². The molecule has 0 spiro atoms. The molecular formula is C26H30N2O2S. The van der Waals surface area contributed by atoms with Crippen LogP contribution in [0.1, 0.15) is 56.9 Å². The van der Waals surface area contributed by atoms with Crippen molar-refractivity contribution in [3.05, 3.63) is 47.5 Å². The van der Waals surface area contributed by atoms with Gasteiger partial charge in [0.05, 0.1) is 5.60 Å². The van der Waals surface area contributed by atoms with Crippen molar-refractivity contribution in [1.82, 2.24) is 9.88 Å². The average molecular weight is 435 g/mol. The number of rotatable bonds is 4. The van der Waals surface area contributed by atoms with Crippen molar-refractivity contribution >= 4 is 28.1 Å². The van der Waals surface area contributed by atoms with Crippen molar-refractivity contribution in [2.75, 3.05) is 6.54 Å². The molecule has 1 amide bonds. The fraction of sp³-hybridized carbons (Fsp3) is 0.500. The topological polar surface area (TPSA) is 56.3 Å². The molecule has 3 aliphatic rings. The number of nitrogens with one attached hydrogen (secondary N) is 1. The minimum Gasteiger partial charge on any atom is -0.389 e. The van der Waals surface area contributed by atoms with Gasteiger partial charge < -0.3 is 15.0 Å². The molecule has 1 aromatic carbocycles. The lowest BCUT2D eigenvalue weighted by Gasteiger charge is -2.57. The van der Waals surface area contributed by atoms with Crippen LogP contribution >= 0.6 is 11.3 Å². The molecule has 4 nitrogen and oxygen atoms in total. The number of thiophene rings is 1. The molecule has 2 N–H and O–H groups in total. The van der Waals surface area contributed by atoms with Crippen LogP contribution in [0.25, 0.3) is 21.3 Å². The molecule has 162 valence electrons. The molecule has 31 heavy (non-hydrogen) atoms. The summed E-state index contributed by atoms with van der Waals surface area (Å²) in [6.07, 6.45) is 7.72. The summed E-state index contributed by atoms with van der Waals surface area (Å²) in [5.74, 6) is 1.26. The lowest BCUT2D eigenvalue weighted by atomic mass is 9.59. The first-order valence-electron chi connectivity index (χ1n) is 11.7. The first-order valence-corrected chi connectivity index (χ1v) is 12.6. The van der Waals surface area contributed by atoms with Crippen LogP contribution in [0.15, 0.2) is 41.9 Å². The summed E-state index contributed by atoms with van der Waals surface area (Å²) in [6.45, 7) is 2.92. The third-order valence-electron chi connectivity index (χ3n) is 8.23. The molecule has 5 unspecified atom stereocenters. The zero-order valence-corrected chi connectivity index (χ0v) is 18.8. The van der Waals surface area contributed by atoms with Crippen LogP contribution in [0.2, 0.25) is 0 Å². The Hall–Kier alpha value is -2.11. The molecule has 1 aliphatic heterocycles. The largest absolute Gasteiger partial charge is 0.389 e. The van der Waals surface area contributed by atoms with Gasteiger partial charge in [0, 0.05) is 52.5 Å². The molecule has 3 heterocycles. The summed E-state index contributed by atoms with van der Waals surface area (Å²) in [6, 6.07) is 10.9. The molecule has 6 rings (SSSR count). The number of benzene rings is 1. The van der Waals surface area contributed by atoms with E-state index in [2.05, 4.69) is 58.7 Å². The van der Waals surface area contributed by atoms with Crippen LogP contribution in [0.3, 0.4) is 0 Å². The normalized spacial score (nSPS) is 30.6. The van der Waals surface area contributed by atoms with Crippen molar-refractivity contribution in [2.45, 2.75) is 63.0 Å². The van der Waals surface area contributed by atoms with E-state index in [-0.39, 0.29) is 23.8 Å². The molecule has 5 atom stereocenters. The summed E-state index contributed by atoms with van der Waals surface area (Å²) in [5.41, 5.74) is 3.09. The molecule has 2 aliphatic carbocycles. The molecule has 3 fully saturated rings. The summed E-state index contributed by atoms with van der Waals surface area (Å²) < 4.78 is 0. The maximum Gasteiger partial charge on any atom is 0.223 e. The van der Waals surface area contributed by atoms with Crippen molar-refractivity contribution in [2.24, 2.45) is 11.8 Å². The third-order valence-corrected chi connectivity index (χ3v) is 9.14. The second kappa shape index (κ2) is 7.21. The first-order chi connectivity index (χ1) is 15.0. The number of carbonyl (C=O) groups excluding carboxylic acids is 1. The Kier molecular flexibility index (Phi) is 4.55. The number of aromatic amines is 1. The number of nitrogens with zero attached hydrogens (tertiary/aromatic N) is 1. The Bertz CT molecular complexity index is 1120. The van der Waals surface area contributed by atoms with Crippen LogP contribution < -0.4 is 0 Å². The predicted molar refractivity (Wildman–Crippen MR) is 125 cm³/mol. The van der Waals surface area contributed by atoms with Gasteiger partial charge in [0.1, 0.15) is 0 Å². The molecule has 3 aromatic rings. The highest BCUT2D eigenvalue weighted by Gasteiger charge is 2.54. The zero-order chi connectivity index (χ0) is 21.2. The maximum atomic E-state index is 13.5. The number of likely N-dealkylation sites (tertiary alicyclic amines) is 1. The van der Waals surface area contributed by atoms with Crippen molar-refractivity contribution in [1.29, 1.82) is 0 Å². The fourth-order valence-electron chi connectivity index (χ4n) is 6.72. The highest BCUT2D eigenvalue weighted by molar-refractivity contribution is 7.13. The van der Waals surface area contributed by atoms with Crippen LogP contribution in [0, 0.1) is 11.8 Å². The van der Waals surface area contributed by atoms with E-state index in [1.807, 2.05) is 0 Å². The summed E-state index contributed by atoms with van der Waals surface area (Å²) in [5, 5.41) is 14.5. The number of H-pyrrole nitrogens is 1. The molecule has 5 heteroatoms. The lowest BCUT2D eigenvalue weighted by Crippen LogP contribution is -2.63. The molecular weight excluding hydrogens is 404 g/mol. The fourth-order valence-corrected chi connectivity index (χ4v) is 7.48. The number of hydrogen-bond donors (Lipinski definition) is 2. The number of aliphatic hydroxyl groups is 1. The zero-order valence-electron chi connectivity index (χ0n) is 18.0. The van der Waals surface area contributed by atoms with Gasteiger partial charge in [-0.25, -0.2) is 0 Å². The molecule has 2 aromatic heterocycles. The SMILES string of the molecule is CC(CC(=O)N1CC2CCC3CC1CC2(O)C3)c1c[nH]c2cccc(-c3cccs3)c12. The predicted octanol–water partition coefficient (Wildman–Crippen LogP) is 5.54. The van der Waals surface area contributed by atoms with E-state index >= 15 is 0 Å². The van der Waals surface area contributed by atoms with E-state index in [0.29, 0.717) is 12.3 Å². The van der Waals surface area contributed by atoms with Crippen LogP contribution in [-0.2, 0) is 4.79 Å². The van der Waals surface area contributed by atoms with Crippen LogP contribution in [0.4, 0.5) is 0 Å². The van der Waals surface area contributed by atoms with E-state index in [1.54, 1.807) is 11.3 Å². The third kappa shape index (κ3) is 3.16. The molecule has 0 radical (unpaired) electrons. The van der Waals surface area contributed by atoms with Crippen molar-refractivity contribution < 1.29 is 9.90 Å². The van der Waals surface area contributed by atoms with Crippen molar-refractivity contribution in [3.8, 4) is 10.4 Å². The summed E-state index contributed by atoms with van der Waals surface area (Å²) in [7, 11) is 0. The first kappa shape index (κ1) is 19.6. The second-order valence-corrected chi connectivity index (χ2v) is 11.1. The van der Waals surface area contributed by atoms with Gasteiger partial charge in [0.15, 0.2) is 0 Å². The molecule has 1 saturated heterocycles. The minimum atomic E-state index is -0.513. The Balaban J connectivity index is 1.27. The van der Waals surface area contributed by atoms with E-state index in [9.17, 15) is 9.90 Å². The Labute approximate surface area is 187 Å². The monoisotopic (exact) mass is 434 g/mol. The second-order valence-electron chi connectivity index (χ2n) is 10.1. The van der Waals surface area contributed by atoms with Gasteiger partial charge in [-0.15, -0.1) is 11.3 Å². The van der Waals surface area contributed by atoms with Gasteiger partial charge >= 0.3 is 0 Å². The quantitative estimate of drug-likeness (QED) is 0.566. The highest BCUT2D eigenvalue weighted by Crippen LogP contribution is 2.51. The van der Waals surface area contributed by atoms with Gasteiger partial charge in [0.2, 0.25) is 5.91 Å². The van der Waals surface area contributed by atoms with E-state index in [0.717, 1.165) is 37.7 Å². The van der Waals surface area contributed by atoms with Gasteiger partial charge in [-0.1, -0.05) is 25.1 Å². The van der Waals surface area contributed by atoms with Gasteiger partial charge in [0.25, 0.3) is 0 Å². The number of fused-ring (bicyclic) bond motifs is 3. The standard InChI is InChI=1S/C26H30N2O2S/c1-16(21-14-27-22-5-2-4-20(25(21)22)23-6-3-9-31-23)10-24(29)28-15-18-8-7-17-11-19(28)13-26(18,30)12-17/h2-6,9,14,16-19,27,30H,7-8,10-13,15H2,1H3. The van der Waals surface area contributed by atoms with Gasteiger partial charge in [-0.3, -0.25) is 4.79 Å². The van der Waals surface area contributed by atoms with Gasteiger partial charge in [-0.05, 0) is 67.0 Å². The smallest absolute Gasteiger partial charge is 0.223 e. The average Bonchev–Trinajstić information content (AvgIpc) is 3.41. The molecule has 2 saturated carbocycles. The van der Waals surface area contributed by atoms with E-state index in [4.69, 9.17) is 0 Å². The highest BCUT2D eigenvalue weighted by atomic mass is 32.1. The minimum absolute atomic E-state index is 0.143. The maximum absolute atomic E-state index is 13.5. The Morgan fingerprint density at radius 1 is 1.29 bits per heavy atom. The Morgan fingerprint density at radius 3 is 3.03 bits per heavy atom. The summed E-state index contributed by atoms with van der Waals surface area (Å²) in [4.78, 5) is 20.3. The Morgan fingerprint density at radius 2 is 2.19 bits per heavy atom. The van der Waals surface area contributed by atoms with Gasteiger partial charge in [-0.2, -0.15) is 0 Å². The summed E-state index contributed by atoms with van der Waals surface area (Å²) >= 11 is 1.75. The number of piperidine rings is 1. The van der Waals surface area contributed by atoms with E-state index < -0.39 is 5.60 Å². The number of amides is 1.